The molecule has 0 aliphatic carbocycles. The third kappa shape index (κ3) is 4.22. The number of carboxylic acids is 1. The Hall–Kier alpha value is -3.01. The number of aromatic nitrogens is 4. The van der Waals surface area contributed by atoms with Gasteiger partial charge in [-0.1, -0.05) is 0 Å². The molecule has 1 atom stereocenters. The van der Waals surface area contributed by atoms with Crippen molar-refractivity contribution in [3.05, 3.63) is 29.6 Å². The molecule has 3 rings (SSSR count). The highest BCUT2D eigenvalue weighted by Crippen LogP contribution is 2.18. The van der Waals surface area contributed by atoms with Crippen LogP contribution in [0.4, 0.5) is 0 Å². The zero-order chi connectivity index (χ0) is 19.4. The first-order valence-electron chi connectivity index (χ1n) is 8.63. The predicted molar refractivity (Wildman–Crippen MR) is 93.0 cm³/mol. The SMILES string of the molecule is CCOc1ccc(-n2ncc(C(=O)N3CCOC(CC(=O)O)C3)c2C)nn1. The second-order valence-electron chi connectivity index (χ2n) is 6.06. The van der Waals surface area contributed by atoms with Crippen LogP contribution in [0.2, 0.25) is 0 Å². The van der Waals surface area contributed by atoms with Gasteiger partial charge < -0.3 is 19.5 Å². The standard InChI is InChI=1S/C17H21N5O5/c1-3-26-15-5-4-14(19-20-15)22-11(2)13(9-18-22)17(25)21-6-7-27-12(10-21)8-16(23)24/h4-5,9,12H,3,6-8,10H2,1-2H3,(H,23,24). The first kappa shape index (κ1) is 18.8. The molecule has 0 saturated carbocycles. The summed E-state index contributed by atoms with van der Waals surface area (Å²) in [6, 6.07) is 3.40. The van der Waals surface area contributed by atoms with E-state index < -0.39 is 12.1 Å². The van der Waals surface area contributed by atoms with Crippen LogP contribution in [-0.2, 0) is 9.53 Å². The Kier molecular flexibility index (Phi) is 5.65. The Labute approximate surface area is 155 Å². The van der Waals surface area contributed by atoms with Gasteiger partial charge in [0, 0.05) is 19.2 Å². The highest BCUT2D eigenvalue weighted by atomic mass is 16.5. The Morgan fingerprint density at radius 2 is 2.19 bits per heavy atom. The van der Waals surface area contributed by atoms with Crippen molar-refractivity contribution in [2.24, 2.45) is 0 Å². The number of carbonyl (C=O) groups is 2. The Balaban J connectivity index is 1.76. The molecule has 10 heteroatoms. The monoisotopic (exact) mass is 375 g/mol. The zero-order valence-electron chi connectivity index (χ0n) is 15.2. The molecule has 0 bridgehead atoms. The molecule has 3 heterocycles. The van der Waals surface area contributed by atoms with Crippen LogP contribution in [0.3, 0.4) is 0 Å². The van der Waals surface area contributed by atoms with E-state index in [2.05, 4.69) is 15.3 Å². The molecule has 0 spiro atoms. The topological polar surface area (TPSA) is 120 Å². The van der Waals surface area contributed by atoms with Crippen LogP contribution < -0.4 is 4.74 Å². The molecule has 1 unspecified atom stereocenters. The smallest absolute Gasteiger partial charge is 0.306 e. The van der Waals surface area contributed by atoms with Gasteiger partial charge >= 0.3 is 5.97 Å². The molecule has 1 aliphatic rings. The molecule has 1 saturated heterocycles. The Bertz CT molecular complexity index is 820. The maximum absolute atomic E-state index is 12.8. The van der Waals surface area contributed by atoms with Gasteiger partial charge in [-0.15, -0.1) is 10.2 Å². The highest BCUT2D eigenvalue weighted by Gasteiger charge is 2.28. The van der Waals surface area contributed by atoms with Crippen LogP contribution in [-0.4, -0.2) is 74.3 Å². The number of ether oxygens (including phenoxy) is 2. The minimum absolute atomic E-state index is 0.135. The summed E-state index contributed by atoms with van der Waals surface area (Å²) in [5.74, 6) is -0.274. The van der Waals surface area contributed by atoms with E-state index in [0.717, 1.165) is 0 Å². The number of nitrogens with zero attached hydrogens (tertiary/aromatic N) is 5. The maximum Gasteiger partial charge on any atom is 0.306 e. The number of rotatable bonds is 6. The van der Waals surface area contributed by atoms with E-state index in [1.807, 2.05) is 6.92 Å². The fourth-order valence-electron chi connectivity index (χ4n) is 2.89. The second-order valence-corrected chi connectivity index (χ2v) is 6.06. The molecule has 144 valence electrons. The molecule has 0 radical (unpaired) electrons. The lowest BCUT2D eigenvalue weighted by Gasteiger charge is -2.32. The molecule has 10 nitrogen and oxygen atoms in total. The average Bonchev–Trinajstić information content (AvgIpc) is 3.03. The maximum atomic E-state index is 12.8. The molecule has 1 fully saturated rings. The summed E-state index contributed by atoms with van der Waals surface area (Å²) in [6.45, 7) is 5.07. The molecule has 1 aliphatic heterocycles. The van der Waals surface area contributed by atoms with Crippen LogP contribution in [0.5, 0.6) is 5.88 Å². The lowest BCUT2D eigenvalue weighted by Crippen LogP contribution is -2.46. The predicted octanol–water partition coefficient (Wildman–Crippen LogP) is 0.685. The van der Waals surface area contributed by atoms with Gasteiger partial charge in [-0.3, -0.25) is 9.59 Å². The number of carboxylic acid groups (broad SMARTS) is 1. The lowest BCUT2D eigenvalue weighted by molar-refractivity contribution is -0.141. The molecule has 2 aromatic rings. The summed E-state index contributed by atoms with van der Waals surface area (Å²) < 4.78 is 12.2. The first-order valence-corrected chi connectivity index (χ1v) is 8.63. The summed E-state index contributed by atoms with van der Waals surface area (Å²) in [5.41, 5.74) is 1.06. The third-order valence-electron chi connectivity index (χ3n) is 4.20. The molecule has 27 heavy (non-hydrogen) atoms. The van der Waals surface area contributed by atoms with Crippen molar-refractivity contribution >= 4 is 11.9 Å². The summed E-state index contributed by atoms with van der Waals surface area (Å²) >= 11 is 0. The zero-order valence-corrected chi connectivity index (χ0v) is 15.2. The largest absolute Gasteiger partial charge is 0.481 e. The van der Waals surface area contributed by atoms with Gasteiger partial charge in [0.1, 0.15) is 0 Å². The minimum atomic E-state index is -0.952. The molecule has 2 aromatic heterocycles. The van der Waals surface area contributed by atoms with E-state index in [4.69, 9.17) is 14.6 Å². The van der Waals surface area contributed by atoms with Gasteiger partial charge in [0.25, 0.3) is 5.91 Å². The van der Waals surface area contributed by atoms with Crippen LogP contribution in [0.15, 0.2) is 18.3 Å². The van der Waals surface area contributed by atoms with E-state index in [1.165, 1.54) is 10.9 Å². The van der Waals surface area contributed by atoms with Crippen LogP contribution in [0.25, 0.3) is 5.82 Å². The average molecular weight is 375 g/mol. The van der Waals surface area contributed by atoms with Gasteiger partial charge in [0.15, 0.2) is 5.82 Å². The van der Waals surface area contributed by atoms with Gasteiger partial charge in [-0.2, -0.15) is 5.10 Å². The van der Waals surface area contributed by atoms with Crippen molar-refractivity contribution in [3.63, 3.8) is 0 Å². The van der Waals surface area contributed by atoms with Gasteiger partial charge in [0.05, 0.1) is 43.2 Å². The molecule has 1 amide bonds. The Morgan fingerprint density at radius 3 is 2.85 bits per heavy atom. The number of hydrogen-bond acceptors (Lipinski definition) is 7. The lowest BCUT2D eigenvalue weighted by atomic mass is 10.1. The van der Waals surface area contributed by atoms with Gasteiger partial charge in [-0.25, -0.2) is 4.68 Å². The van der Waals surface area contributed by atoms with Crippen molar-refractivity contribution in [1.82, 2.24) is 24.9 Å². The van der Waals surface area contributed by atoms with Crippen molar-refractivity contribution in [3.8, 4) is 11.7 Å². The minimum Gasteiger partial charge on any atom is -0.481 e. The Morgan fingerprint density at radius 1 is 1.37 bits per heavy atom. The molecule has 0 aromatic carbocycles. The summed E-state index contributed by atoms with van der Waals surface area (Å²) in [4.78, 5) is 25.3. The summed E-state index contributed by atoms with van der Waals surface area (Å²) in [7, 11) is 0. The van der Waals surface area contributed by atoms with E-state index in [1.54, 1.807) is 24.0 Å². The highest BCUT2D eigenvalue weighted by molar-refractivity contribution is 5.95. The first-order chi connectivity index (χ1) is 13.0. The number of aliphatic carboxylic acids is 1. The fourth-order valence-corrected chi connectivity index (χ4v) is 2.89. The summed E-state index contributed by atoms with van der Waals surface area (Å²) in [6.07, 6.45) is 0.842. The number of carbonyl (C=O) groups excluding carboxylic acids is 1. The second kappa shape index (κ2) is 8.12. The molecular weight excluding hydrogens is 354 g/mol. The normalized spacial score (nSPS) is 17.0. The number of hydrogen-bond donors (Lipinski definition) is 1. The van der Waals surface area contributed by atoms with Crippen LogP contribution in [0.1, 0.15) is 29.4 Å². The van der Waals surface area contributed by atoms with Crippen molar-refractivity contribution < 1.29 is 24.2 Å². The van der Waals surface area contributed by atoms with E-state index in [0.29, 0.717) is 42.7 Å². The summed E-state index contributed by atoms with van der Waals surface area (Å²) in [5, 5.41) is 21.2. The van der Waals surface area contributed by atoms with Gasteiger partial charge in [0.2, 0.25) is 5.88 Å². The van der Waals surface area contributed by atoms with Crippen molar-refractivity contribution in [2.75, 3.05) is 26.3 Å². The number of morpholine rings is 1. The number of amides is 1. The quantitative estimate of drug-likeness (QED) is 0.783. The fraction of sp³-hybridized carbons (Fsp3) is 0.471. The van der Waals surface area contributed by atoms with E-state index >= 15 is 0 Å². The van der Waals surface area contributed by atoms with E-state index in [-0.39, 0.29) is 18.9 Å². The molecular formula is C17H21N5O5. The van der Waals surface area contributed by atoms with Crippen molar-refractivity contribution in [2.45, 2.75) is 26.4 Å². The van der Waals surface area contributed by atoms with Crippen LogP contribution in [0, 0.1) is 6.92 Å². The third-order valence-corrected chi connectivity index (χ3v) is 4.20. The molecule has 1 N–H and O–H groups in total. The van der Waals surface area contributed by atoms with E-state index in [9.17, 15) is 9.59 Å². The van der Waals surface area contributed by atoms with Crippen molar-refractivity contribution in [1.29, 1.82) is 0 Å². The van der Waals surface area contributed by atoms with Gasteiger partial charge in [-0.05, 0) is 19.9 Å². The van der Waals surface area contributed by atoms with Crippen LogP contribution >= 0.6 is 0 Å².